The predicted octanol–water partition coefficient (Wildman–Crippen LogP) is 3.30. The summed E-state index contributed by atoms with van der Waals surface area (Å²) in [6.07, 6.45) is 1.89. The maximum absolute atomic E-state index is 12.3. The van der Waals surface area contributed by atoms with Crippen molar-refractivity contribution < 1.29 is 33.3 Å². The van der Waals surface area contributed by atoms with Crippen LogP contribution < -0.4 is 25.1 Å². The number of hydrazine groups is 1. The fraction of sp³-hybridized carbons (Fsp3) is 0.348. The van der Waals surface area contributed by atoms with Gasteiger partial charge in [-0.1, -0.05) is 24.9 Å². The molecule has 33 heavy (non-hydrogen) atoms. The van der Waals surface area contributed by atoms with Gasteiger partial charge < -0.3 is 18.9 Å². The zero-order valence-corrected chi connectivity index (χ0v) is 19.3. The Labute approximate surface area is 197 Å². The monoisotopic (exact) mass is 478 g/mol. The van der Waals surface area contributed by atoms with E-state index in [1.807, 2.05) is 6.92 Å². The van der Waals surface area contributed by atoms with Crippen LogP contribution in [0.5, 0.6) is 17.2 Å². The Bertz CT molecular complexity index is 935. The van der Waals surface area contributed by atoms with Crippen LogP contribution in [0.1, 0.15) is 37.0 Å². The van der Waals surface area contributed by atoms with E-state index in [9.17, 15) is 14.4 Å². The molecule has 2 N–H and O–H groups in total. The largest absolute Gasteiger partial charge is 0.490 e. The molecule has 10 heteroatoms. The molecule has 0 atom stereocenters. The van der Waals surface area contributed by atoms with Crippen molar-refractivity contribution in [2.75, 3.05) is 26.4 Å². The molecule has 0 aliphatic rings. The summed E-state index contributed by atoms with van der Waals surface area (Å²) < 4.78 is 21.4. The van der Waals surface area contributed by atoms with Crippen LogP contribution in [0.4, 0.5) is 0 Å². The first kappa shape index (κ1) is 25.8. The summed E-state index contributed by atoms with van der Waals surface area (Å²) in [7, 11) is 0. The fourth-order valence-corrected chi connectivity index (χ4v) is 2.58. The molecule has 0 radical (unpaired) electrons. The van der Waals surface area contributed by atoms with Gasteiger partial charge in [-0.05, 0) is 55.8 Å². The molecule has 0 fully saturated rings. The fourth-order valence-electron chi connectivity index (χ4n) is 2.45. The number of ether oxygens (including phenoxy) is 4. The molecule has 0 bridgehead atoms. The molecule has 0 saturated carbocycles. The van der Waals surface area contributed by atoms with Gasteiger partial charge in [0.2, 0.25) is 0 Å². The van der Waals surface area contributed by atoms with Crippen molar-refractivity contribution in [3.05, 3.63) is 53.1 Å². The predicted molar refractivity (Wildman–Crippen MR) is 122 cm³/mol. The van der Waals surface area contributed by atoms with Gasteiger partial charge in [-0.15, -0.1) is 0 Å². The number of carbonyl (C=O) groups is 3. The molecule has 2 amide bonds. The van der Waals surface area contributed by atoms with E-state index in [-0.39, 0.29) is 12.2 Å². The molecule has 0 aliphatic heterocycles. The number of unbranched alkanes of at least 4 members (excludes halogenated alkanes) is 1. The average Bonchev–Trinajstić information content (AvgIpc) is 2.82. The molecule has 0 unspecified atom stereocenters. The molecule has 2 rings (SSSR count). The number of benzene rings is 2. The third-order valence-corrected chi connectivity index (χ3v) is 4.35. The minimum Gasteiger partial charge on any atom is -0.490 e. The molecule has 178 valence electrons. The summed E-state index contributed by atoms with van der Waals surface area (Å²) in [5.41, 5.74) is 4.51. The third kappa shape index (κ3) is 9.28. The standard InChI is InChI=1S/C23H27ClN2O7/c1-3-5-12-31-19-11-6-16(13-20(19)30-4-2)23(29)33-15-22(28)26-25-21(27)14-32-18-9-7-17(24)8-10-18/h6-11,13H,3-5,12,14-15H2,1-2H3,(H,25,27)(H,26,28). The Morgan fingerprint density at radius 2 is 1.55 bits per heavy atom. The van der Waals surface area contributed by atoms with Crippen LogP contribution in [0.2, 0.25) is 5.02 Å². The SMILES string of the molecule is CCCCOc1ccc(C(=O)OCC(=O)NNC(=O)COc2ccc(Cl)cc2)cc1OCC. The van der Waals surface area contributed by atoms with E-state index in [0.717, 1.165) is 12.8 Å². The smallest absolute Gasteiger partial charge is 0.338 e. The topological polar surface area (TPSA) is 112 Å². The van der Waals surface area contributed by atoms with Crippen LogP contribution >= 0.6 is 11.6 Å². The number of amides is 2. The first-order valence-electron chi connectivity index (χ1n) is 10.5. The number of nitrogens with one attached hydrogen (secondary N) is 2. The first-order valence-corrected chi connectivity index (χ1v) is 10.8. The normalized spacial score (nSPS) is 10.2. The highest BCUT2D eigenvalue weighted by Crippen LogP contribution is 2.29. The maximum Gasteiger partial charge on any atom is 0.338 e. The minimum absolute atomic E-state index is 0.203. The lowest BCUT2D eigenvalue weighted by Gasteiger charge is -2.13. The Kier molecular flexibility index (Phi) is 10.8. The van der Waals surface area contributed by atoms with Crippen molar-refractivity contribution in [1.29, 1.82) is 0 Å². The lowest BCUT2D eigenvalue weighted by Crippen LogP contribution is -2.45. The van der Waals surface area contributed by atoms with Crippen molar-refractivity contribution in [3.8, 4) is 17.2 Å². The number of halogens is 1. The first-order chi connectivity index (χ1) is 15.9. The molecule has 0 heterocycles. The van der Waals surface area contributed by atoms with E-state index in [2.05, 4.69) is 17.8 Å². The Balaban J connectivity index is 1.77. The van der Waals surface area contributed by atoms with Crippen molar-refractivity contribution in [2.24, 2.45) is 0 Å². The lowest BCUT2D eigenvalue weighted by atomic mass is 10.2. The van der Waals surface area contributed by atoms with Gasteiger partial charge >= 0.3 is 5.97 Å². The van der Waals surface area contributed by atoms with Crippen LogP contribution in [-0.4, -0.2) is 44.2 Å². The van der Waals surface area contributed by atoms with Gasteiger partial charge in [-0.3, -0.25) is 20.4 Å². The van der Waals surface area contributed by atoms with Crippen molar-refractivity contribution in [1.82, 2.24) is 10.9 Å². The minimum atomic E-state index is -0.719. The van der Waals surface area contributed by atoms with E-state index in [1.54, 1.807) is 30.3 Å². The highest BCUT2D eigenvalue weighted by molar-refractivity contribution is 6.30. The summed E-state index contributed by atoms with van der Waals surface area (Å²) in [4.78, 5) is 35.9. The van der Waals surface area contributed by atoms with Gasteiger partial charge in [0.15, 0.2) is 24.7 Å². The van der Waals surface area contributed by atoms with Crippen LogP contribution in [0.3, 0.4) is 0 Å². The van der Waals surface area contributed by atoms with Gasteiger partial charge in [0.1, 0.15) is 5.75 Å². The van der Waals surface area contributed by atoms with Gasteiger partial charge in [-0.2, -0.15) is 0 Å². The van der Waals surface area contributed by atoms with E-state index in [1.165, 1.54) is 12.1 Å². The quantitative estimate of drug-likeness (QED) is 0.273. The zero-order valence-electron chi connectivity index (χ0n) is 18.5. The highest BCUT2D eigenvalue weighted by atomic mass is 35.5. The Morgan fingerprint density at radius 1 is 0.848 bits per heavy atom. The molecule has 0 aromatic heterocycles. The van der Waals surface area contributed by atoms with Crippen LogP contribution in [-0.2, 0) is 14.3 Å². The summed E-state index contributed by atoms with van der Waals surface area (Å²) in [5.74, 6) is -0.632. The zero-order chi connectivity index (χ0) is 24.1. The number of carbonyl (C=O) groups excluding carboxylic acids is 3. The number of hydrogen-bond donors (Lipinski definition) is 2. The molecule has 2 aromatic rings. The van der Waals surface area contributed by atoms with Crippen LogP contribution in [0.15, 0.2) is 42.5 Å². The van der Waals surface area contributed by atoms with Crippen molar-refractivity contribution in [2.45, 2.75) is 26.7 Å². The second-order valence-electron chi connectivity index (χ2n) is 6.71. The number of hydrogen-bond acceptors (Lipinski definition) is 7. The van der Waals surface area contributed by atoms with Crippen LogP contribution in [0.25, 0.3) is 0 Å². The molecular formula is C23H27ClN2O7. The lowest BCUT2D eigenvalue weighted by molar-refractivity contribution is -0.131. The summed E-state index contributed by atoms with van der Waals surface area (Å²) in [5, 5.41) is 0.541. The molecule has 0 spiro atoms. The van der Waals surface area contributed by atoms with E-state index in [0.29, 0.717) is 35.5 Å². The average molecular weight is 479 g/mol. The maximum atomic E-state index is 12.3. The number of rotatable bonds is 12. The van der Waals surface area contributed by atoms with Gasteiger partial charge in [0.25, 0.3) is 11.8 Å². The molecule has 9 nitrogen and oxygen atoms in total. The molecule has 2 aromatic carbocycles. The second-order valence-corrected chi connectivity index (χ2v) is 7.15. The molecule has 0 saturated heterocycles. The Morgan fingerprint density at radius 3 is 2.21 bits per heavy atom. The summed E-state index contributed by atoms with van der Waals surface area (Å²) in [6, 6.07) is 11.1. The van der Waals surface area contributed by atoms with Crippen molar-refractivity contribution in [3.63, 3.8) is 0 Å². The Hall–Kier alpha value is -3.46. The van der Waals surface area contributed by atoms with Gasteiger partial charge in [0, 0.05) is 5.02 Å². The van der Waals surface area contributed by atoms with E-state index < -0.39 is 24.4 Å². The number of esters is 1. The van der Waals surface area contributed by atoms with Gasteiger partial charge in [-0.25, -0.2) is 4.79 Å². The van der Waals surface area contributed by atoms with E-state index >= 15 is 0 Å². The van der Waals surface area contributed by atoms with Gasteiger partial charge in [0.05, 0.1) is 18.8 Å². The third-order valence-electron chi connectivity index (χ3n) is 4.09. The van der Waals surface area contributed by atoms with E-state index in [4.69, 9.17) is 30.5 Å². The molecular weight excluding hydrogens is 452 g/mol. The van der Waals surface area contributed by atoms with Crippen molar-refractivity contribution >= 4 is 29.4 Å². The molecule has 0 aliphatic carbocycles. The van der Waals surface area contributed by atoms with Crippen LogP contribution in [0, 0.1) is 0 Å². The summed E-state index contributed by atoms with van der Waals surface area (Å²) in [6.45, 7) is 3.90. The highest BCUT2D eigenvalue weighted by Gasteiger charge is 2.15. The summed E-state index contributed by atoms with van der Waals surface area (Å²) >= 11 is 5.77. The second kappa shape index (κ2) is 13.8.